The van der Waals surface area contributed by atoms with E-state index >= 15 is 0 Å². The normalized spacial score (nSPS) is 10.0. The second-order valence-corrected chi connectivity index (χ2v) is 4.60. The fourth-order valence-corrected chi connectivity index (χ4v) is 1.97. The van der Waals surface area contributed by atoms with Gasteiger partial charge >= 0.3 is 0 Å². The molecule has 0 saturated carbocycles. The number of nitriles is 1. The highest BCUT2D eigenvalue weighted by atomic mass is 15.2. The predicted molar refractivity (Wildman–Crippen MR) is 75.8 cm³/mol. The Bertz CT molecular complexity index is 611. The molecule has 0 unspecified atom stereocenters. The summed E-state index contributed by atoms with van der Waals surface area (Å²) in [6.45, 7) is 4.44. The maximum atomic E-state index is 8.65. The molecule has 19 heavy (non-hydrogen) atoms. The molecule has 1 heterocycles. The van der Waals surface area contributed by atoms with Gasteiger partial charge in [-0.15, -0.1) is 0 Å². The van der Waals surface area contributed by atoms with E-state index in [4.69, 9.17) is 5.26 Å². The standard InChI is InChI=1S/C15H16N4/c1-11-4-5-14(12(2)8-11)13-9-17-15(18-10-13)19(3)7-6-16/h4-5,8-10H,7H2,1-3H3. The van der Waals surface area contributed by atoms with Crippen molar-refractivity contribution < 1.29 is 0 Å². The van der Waals surface area contributed by atoms with Gasteiger partial charge in [-0.1, -0.05) is 23.8 Å². The van der Waals surface area contributed by atoms with E-state index in [2.05, 4.69) is 48.1 Å². The van der Waals surface area contributed by atoms with Crippen LogP contribution in [-0.4, -0.2) is 23.6 Å². The van der Waals surface area contributed by atoms with Gasteiger partial charge in [0.05, 0.1) is 6.07 Å². The average molecular weight is 252 g/mol. The molecule has 0 aliphatic heterocycles. The van der Waals surface area contributed by atoms with Crippen LogP contribution in [0.25, 0.3) is 11.1 Å². The summed E-state index contributed by atoms with van der Waals surface area (Å²) < 4.78 is 0. The van der Waals surface area contributed by atoms with E-state index < -0.39 is 0 Å². The van der Waals surface area contributed by atoms with E-state index in [1.165, 1.54) is 11.1 Å². The van der Waals surface area contributed by atoms with E-state index in [-0.39, 0.29) is 6.54 Å². The highest BCUT2D eigenvalue weighted by Crippen LogP contribution is 2.23. The number of rotatable bonds is 3. The first-order valence-electron chi connectivity index (χ1n) is 6.09. The van der Waals surface area contributed by atoms with Gasteiger partial charge in [0.15, 0.2) is 0 Å². The van der Waals surface area contributed by atoms with Crippen molar-refractivity contribution in [2.24, 2.45) is 0 Å². The van der Waals surface area contributed by atoms with Crippen molar-refractivity contribution in [3.05, 3.63) is 41.7 Å². The first kappa shape index (κ1) is 13.0. The quantitative estimate of drug-likeness (QED) is 0.788. The Balaban J connectivity index is 2.30. The van der Waals surface area contributed by atoms with Crippen LogP contribution in [0.2, 0.25) is 0 Å². The summed E-state index contributed by atoms with van der Waals surface area (Å²) >= 11 is 0. The molecule has 0 spiro atoms. The smallest absolute Gasteiger partial charge is 0.225 e. The van der Waals surface area contributed by atoms with Gasteiger partial charge in [-0.05, 0) is 25.0 Å². The van der Waals surface area contributed by atoms with Crippen molar-refractivity contribution >= 4 is 5.95 Å². The van der Waals surface area contributed by atoms with Crippen LogP contribution in [0.4, 0.5) is 5.95 Å². The molecular formula is C15H16N4. The van der Waals surface area contributed by atoms with Crippen molar-refractivity contribution in [1.29, 1.82) is 5.26 Å². The van der Waals surface area contributed by atoms with Gasteiger partial charge in [0.25, 0.3) is 0 Å². The fourth-order valence-electron chi connectivity index (χ4n) is 1.97. The number of hydrogen-bond acceptors (Lipinski definition) is 4. The molecule has 0 aliphatic rings. The number of aryl methyl sites for hydroxylation is 2. The van der Waals surface area contributed by atoms with Crippen LogP contribution in [0.1, 0.15) is 11.1 Å². The third-order valence-corrected chi connectivity index (χ3v) is 2.98. The Labute approximate surface area is 113 Å². The number of anilines is 1. The summed E-state index contributed by atoms with van der Waals surface area (Å²) in [4.78, 5) is 10.3. The number of aromatic nitrogens is 2. The monoisotopic (exact) mass is 252 g/mol. The number of nitrogens with zero attached hydrogens (tertiary/aromatic N) is 4. The Morgan fingerprint density at radius 3 is 2.47 bits per heavy atom. The van der Waals surface area contributed by atoms with E-state index in [9.17, 15) is 0 Å². The van der Waals surface area contributed by atoms with E-state index in [0.29, 0.717) is 5.95 Å². The molecule has 0 aliphatic carbocycles. The molecule has 0 N–H and O–H groups in total. The van der Waals surface area contributed by atoms with Crippen LogP contribution in [0.15, 0.2) is 30.6 Å². The third kappa shape index (κ3) is 2.89. The zero-order chi connectivity index (χ0) is 13.8. The van der Waals surface area contributed by atoms with E-state index in [1.54, 1.807) is 24.3 Å². The lowest BCUT2D eigenvalue weighted by Crippen LogP contribution is -2.19. The predicted octanol–water partition coefficient (Wildman–Crippen LogP) is 2.72. The van der Waals surface area contributed by atoms with Gasteiger partial charge in [0.2, 0.25) is 5.95 Å². The van der Waals surface area contributed by atoms with Crippen LogP contribution in [0, 0.1) is 25.2 Å². The lowest BCUT2D eigenvalue weighted by atomic mass is 10.0. The minimum atomic E-state index is 0.281. The summed E-state index contributed by atoms with van der Waals surface area (Å²) in [7, 11) is 1.80. The molecule has 2 rings (SSSR count). The Morgan fingerprint density at radius 2 is 1.89 bits per heavy atom. The van der Waals surface area contributed by atoms with Crippen molar-refractivity contribution in [2.45, 2.75) is 13.8 Å². The largest absolute Gasteiger partial charge is 0.331 e. The molecule has 0 radical (unpaired) electrons. The molecule has 0 saturated heterocycles. The topological polar surface area (TPSA) is 52.8 Å². The van der Waals surface area contributed by atoms with Crippen LogP contribution in [-0.2, 0) is 0 Å². The molecular weight excluding hydrogens is 236 g/mol. The molecule has 4 nitrogen and oxygen atoms in total. The summed E-state index contributed by atoms with van der Waals surface area (Å²) in [5.41, 5.74) is 4.58. The van der Waals surface area contributed by atoms with Crippen LogP contribution in [0.5, 0.6) is 0 Å². The highest BCUT2D eigenvalue weighted by molar-refractivity contribution is 5.66. The summed E-state index contributed by atoms with van der Waals surface area (Å²) in [5, 5.41) is 8.65. The molecule has 2 aromatic rings. The van der Waals surface area contributed by atoms with E-state index in [1.807, 2.05) is 0 Å². The summed E-state index contributed by atoms with van der Waals surface area (Å²) in [5.74, 6) is 0.565. The zero-order valence-corrected chi connectivity index (χ0v) is 11.4. The van der Waals surface area contributed by atoms with Crippen LogP contribution >= 0.6 is 0 Å². The first-order valence-corrected chi connectivity index (χ1v) is 6.09. The van der Waals surface area contributed by atoms with Crippen LogP contribution < -0.4 is 4.90 Å². The Hall–Kier alpha value is -2.41. The van der Waals surface area contributed by atoms with Gasteiger partial charge in [-0.2, -0.15) is 5.26 Å². The minimum Gasteiger partial charge on any atom is -0.331 e. The third-order valence-electron chi connectivity index (χ3n) is 2.98. The van der Waals surface area contributed by atoms with Crippen molar-refractivity contribution in [2.75, 3.05) is 18.5 Å². The number of hydrogen-bond donors (Lipinski definition) is 0. The maximum absolute atomic E-state index is 8.65. The molecule has 0 fully saturated rings. The summed E-state index contributed by atoms with van der Waals surface area (Å²) in [6, 6.07) is 8.38. The van der Waals surface area contributed by atoms with Crippen molar-refractivity contribution in [1.82, 2.24) is 9.97 Å². The molecule has 0 atom stereocenters. The second-order valence-electron chi connectivity index (χ2n) is 4.60. The van der Waals surface area contributed by atoms with E-state index in [0.717, 1.165) is 11.1 Å². The van der Waals surface area contributed by atoms with Crippen molar-refractivity contribution in [3.8, 4) is 17.2 Å². The van der Waals surface area contributed by atoms with Gasteiger partial charge in [-0.3, -0.25) is 0 Å². The lowest BCUT2D eigenvalue weighted by molar-refractivity contribution is 0.947. The molecule has 0 amide bonds. The molecule has 1 aromatic heterocycles. The highest BCUT2D eigenvalue weighted by Gasteiger charge is 2.06. The fraction of sp³-hybridized carbons (Fsp3) is 0.267. The molecule has 96 valence electrons. The van der Waals surface area contributed by atoms with Gasteiger partial charge in [0, 0.05) is 25.0 Å². The molecule has 1 aromatic carbocycles. The lowest BCUT2D eigenvalue weighted by Gasteiger charge is -2.13. The molecule has 0 bridgehead atoms. The minimum absolute atomic E-state index is 0.281. The van der Waals surface area contributed by atoms with Crippen molar-refractivity contribution in [3.63, 3.8) is 0 Å². The zero-order valence-electron chi connectivity index (χ0n) is 11.4. The second kappa shape index (κ2) is 5.49. The Morgan fingerprint density at radius 1 is 1.21 bits per heavy atom. The van der Waals surface area contributed by atoms with Gasteiger partial charge in [0.1, 0.15) is 6.54 Å². The number of benzene rings is 1. The average Bonchev–Trinajstić information content (AvgIpc) is 2.39. The maximum Gasteiger partial charge on any atom is 0.225 e. The SMILES string of the molecule is Cc1ccc(-c2cnc(N(C)CC#N)nc2)c(C)c1. The van der Waals surface area contributed by atoms with Gasteiger partial charge < -0.3 is 4.90 Å². The summed E-state index contributed by atoms with van der Waals surface area (Å²) in [6.07, 6.45) is 3.60. The first-order chi connectivity index (χ1) is 9.11. The Kier molecular flexibility index (Phi) is 3.76. The van der Waals surface area contributed by atoms with Gasteiger partial charge in [-0.25, -0.2) is 9.97 Å². The molecule has 4 heteroatoms. The van der Waals surface area contributed by atoms with Crippen LogP contribution in [0.3, 0.4) is 0 Å².